The second-order valence-corrected chi connectivity index (χ2v) is 9.96. The molecule has 2 N–H and O–H groups in total. The average molecular weight is 694 g/mol. The van der Waals surface area contributed by atoms with E-state index in [1.54, 1.807) is 0 Å². The third-order valence-corrected chi connectivity index (χ3v) is 6.28. The van der Waals surface area contributed by atoms with Gasteiger partial charge in [0.1, 0.15) is 31.0 Å². The zero-order valence-electron chi connectivity index (χ0n) is 21.4. The predicted molar refractivity (Wildman–Crippen MR) is 102 cm³/mol. The summed E-state index contributed by atoms with van der Waals surface area (Å²) in [7, 11) is 0. The van der Waals surface area contributed by atoms with Crippen LogP contribution in [0.4, 0.5) is 74.6 Å². The van der Waals surface area contributed by atoms with Crippen molar-refractivity contribution in [2.75, 3.05) is 6.61 Å². The summed E-state index contributed by atoms with van der Waals surface area (Å²) in [5, 5.41) is 20.1. The predicted octanol–water partition coefficient (Wildman–Crippen LogP) is 4.92. The Kier molecular flexibility index (Phi) is 9.66. The highest BCUT2D eigenvalue weighted by Gasteiger charge is 2.95. The van der Waals surface area contributed by atoms with Gasteiger partial charge < -0.3 is 29.2 Å². The van der Waals surface area contributed by atoms with Crippen molar-refractivity contribution in [1.29, 1.82) is 0 Å². The number of aliphatic hydroxyl groups excluding tert-OH is 2. The first-order chi connectivity index (χ1) is 19.2. The van der Waals surface area contributed by atoms with E-state index in [1.807, 2.05) is 0 Å². The molecule has 2 heterocycles. The minimum atomic E-state index is -8.76. The van der Waals surface area contributed by atoms with Crippen LogP contribution >= 0.6 is 0 Å². The molecule has 2 aliphatic rings. The molecule has 24 heteroatoms. The molecule has 0 aliphatic carbocycles. The Bertz CT molecular complexity index is 1060. The summed E-state index contributed by atoms with van der Waals surface area (Å²) >= 11 is 0. The van der Waals surface area contributed by atoms with Gasteiger partial charge in [0.15, 0.2) is 12.1 Å². The molecule has 0 aromatic heterocycles. The maximum absolute atomic E-state index is 13.9. The number of esters is 1. The number of hydrogen-bond donors (Lipinski definition) is 2. The van der Waals surface area contributed by atoms with E-state index >= 15 is 0 Å². The molecule has 0 aromatic rings. The number of carbonyl (C=O) groups excluding carboxylic acids is 1. The molecule has 44 heavy (non-hydrogen) atoms. The fraction of sp³-hybridized carbons (Fsp3) is 0.950. The number of carbonyl (C=O) groups is 1. The normalized spacial score (nSPS) is 26.5. The average Bonchev–Trinajstić information content (AvgIpc) is 3.31. The van der Waals surface area contributed by atoms with Gasteiger partial charge in [-0.25, -0.2) is 0 Å². The summed E-state index contributed by atoms with van der Waals surface area (Å²) in [5.74, 6) is -60.9. The number of rotatable bonds is 12. The van der Waals surface area contributed by atoms with Crippen LogP contribution in [-0.2, 0) is 23.7 Å². The van der Waals surface area contributed by atoms with Crippen molar-refractivity contribution in [2.24, 2.45) is 0 Å². The molecule has 0 saturated carbocycles. The number of hydrogen-bond acceptors (Lipinski definition) is 7. The first-order valence-electron chi connectivity index (χ1n) is 11.5. The standard InChI is InChI=1S/C20H19F17O7/c1-12(2)43-10-8(40)9(42-11(10)44-12)6(38)5-41-7(39)3-4-13(21,22)14(23,24)15(25,26)16(27,28)17(29,30)18(31,32)19(33,34)20(35,36)37/h6,8-11,38,40H,3-5H2,1-2H3/t6-,8+,9-,10-,11-/m1/s1. The van der Waals surface area contributed by atoms with Crippen molar-refractivity contribution in [3.8, 4) is 0 Å². The van der Waals surface area contributed by atoms with Crippen LogP contribution in [-0.4, -0.2) is 107 Å². The molecule has 0 spiro atoms. The Hall–Kier alpha value is -1.92. The van der Waals surface area contributed by atoms with Crippen LogP contribution in [0.5, 0.6) is 0 Å². The molecule has 2 saturated heterocycles. The highest BCUT2D eigenvalue weighted by molar-refractivity contribution is 5.69. The van der Waals surface area contributed by atoms with Crippen LogP contribution in [0.25, 0.3) is 0 Å². The van der Waals surface area contributed by atoms with Crippen molar-refractivity contribution in [2.45, 2.75) is 111 Å². The second kappa shape index (κ2) is 11.1. The Morgan fingerprint density at radius 3 is 1.61 bits per heavy atom. The van der Waals surface area contributed by atoms with Gasteiger partial charge in [-0.1, -0.05) is 0 Å². The molecule has 7 nitrogen and oxygen atoms in total. The van der Waals surface area contributed by atoms with Crippen LogP contribution in [0.3, 0.4) is 0 Å². The number of fused-ring (bicyclic) bond motifs is 1. The van der Waals surface area contributed by atoms with Gasteiger partial charge in [0.2, 0.25) is 0 Å². The summed E-state index contributed by atoms with van der Waals surface area (Å²) in [6.45, 7) is 1.49. The van der Waals surface area contributed by atoms with Crippen LogP contribution in [0.2, 0.25) is 0 Å². The molecular formula is C20H19F17O7. The van der Waals surface area contributed by atoms with Gasteiger partial charge in [0.25, 0.3) is 0 Å². The van der Waals surface area contributed by atoms with Gasteiger partial charge in [0.05, 0.1) is 6.42 Å². The number of aliphatic hydroxyl groups is 2. The Morgan fingerprint density at radius 2 is 1.18 bits per heavy atom. The molecule has 0 bridgehead atoms. The molecule has 0 amide bonds. The van der Waals surface area contributed by atoms with E-state index in [4.69, 9.17) is 14.2 Å². The van der Waals surface area contributed by atoms with E-state index in [0.29, 0.717) is 0 Å². The van der Waals surface area contributed by atoms with E-state index in [-0.39, 0.29) is 0 Å². The lowest BCUT2D eigenvalue weighted by Crippen LogP contribution is -2.74. The topological polar surface area (TPSA) is 94.5 Å². The third-order valence-electron chi connectivity index (χ3n) is 6.28. The molecule has 0 radical (unpaired) electrons. The number of halogens is 17. The van der Waals surface area contributed by atoms with Gasteiger partial charge in [0, 0.05) is 6.42 Å². The highest BCUT2D eigenvalue weighted by Crippen LogP contribution is 2.64. The van der Waals surface area contributed by atoms with E-state index < -0.39 is 110 Å². The van der Waals surface area contributed by atoms with Gasteiger partial charge >= 0.3 is 53.6 Å². The van der Waals surface area contributed by atoms with Crippen molar-refractivity contribution in [3.05, 3.63) is 0 Å². The van der Waals surface area contributed by atoms with Gasteiger partial charge in [-0.05, 0) is 13.8 Å². The van der Waals surface area contributed by atoms with Crippen molar-refractivity contribution < 1.29 is 109 Å². The van der Waals surface area contributed by atoms with Gasteiger partial charge in [-0.3, -0.25) is 4.79 Å². The first kappa shape index (κ1) is 38.3. The third kappa shape index (κ3) is 5.87. The quantitative estimate of drug-likeness (QED) is 0.222. The fourth-order valence-electron chi connectivity index (χ4n) is 3.79. The smallest absolute Gasteiger partial charge is 0.460 e. The Labute approximate surface area is 233 Å². The zero-order chi connectivity index (χ0) is 34.9. The summed E-state index contributed by atoms with van der Waals surface area (Å²) in [6.07, 6.45) is -20.9. The SMILES string of the molecule is CC1(C)O[C@H]2O[C@H]([C@H](O)COC(=O)CCC(F)(F)C(F)(F)C(F)(F)C(F)(F)C(F)(F)C(F)(F)C(F)(F)C(F)(F)F)[C@H](O)[C@H]2O1. The summed E-state index contributed by atoms with van der Waals surface area (Å²) in [4.78, 5) is 11.6. The van der Waals surface area contributed by atoms with Crippen LogP contribution < -0.4 is 0 Å². The Balaban J connectivity index is 2.13. The molecule has 5 atom stereocenters. The summed E-state index contributed by atoms with van der Waals surface area (Å²) in [5.41, 5.74) is 0. The van der Waals surface area contributed by atoms with E-state index in [1.165, 1.54) is 13.8 Å². The monoisotopic (exact) mass is 694 g/mol. The zero-order valence-corrected chi connectivity index (χ0v) is 21.4. The fourth-order valence-corrected chi connectivity index (χ4v) is 3.79. The Morgan fingerprint density at radius 1 is 0.750 bits per heavy atom. The van der Waals surface area contributed by atoms with Crippen molar-refractivity contribution in [3.63, 3.8) is 0 Å². The summed E-state index contributed by atoms with van der Waals surface area (Å²) < 4.78 is 246. The van der Waals surface area contributed by atoms with E-state index in [0.717, 1.165) is 0 Å². The molecule has 2 fully saturated rings. The number of ether oxygens (including phenoxy) is 4. The van der Waals surface area contributed by atoms with E-state index in [9.17, 15) is 89.6 Å². The van der Waals surface area contributed by atoms with E-state index in [2.05, 4.69) is 4.74 Å². The molecule has 260 valence electrons. The first-order valence-corrected chi connectivity index (χ1v) is 11.5. The lowest BCUT2D eigenvalue weighted by molar-refractivity contribution is -0.461. The maximum atomic E-state index is 13.9. The van der Waals surface area contributed by atoms with Gasteiger partial charge in [-0.15, -0.1) is 0 Å². The van der Waals surface area contributed by atoms with Crippen LogP contribution in [0.15, 0.2) is 0 Å². The largest absolute Gasteiger partial charge is 0.463 e. The van der Waals surface area contributed by atoms with Crippen LogP contribution in [0, 0.1) is 0 Å². The van der Waals surface area contributed by atoms with Crippen molar-refractivity contribution in [1.82, 2.24) is 0 Å². The van der Waals surface area contributed by atoms with Crippen LogP contribution in [0.1, 0.15) is 26.7 Å². The molecule has 0 aromatic carbocycles. The highest BCUT2D eigenvalue weighted by atomic mass is 19.4. The molecule has 0 unspecified atom stereocenters. The van der Waals surface area contributed by atoms with Gasteiger partial charge in [-0.2, -0.15) is 74.6 Å². The molecule has 2 aliphatic heterocycles. The van der Waals surface area contributed by atoms with Crippen molar-refractivity contribution >= 4 is 5.97 Å². The second-order valence-electron chi connectivity index (χ2n) is 9.96. The minimum absolute atomic E-state index is 1.20. The lowest BCUT2D eigenvalue weighted by atomic mass is 9.88. The summed E-state index contributed by atoms with van der Waals surface area (Å²) in [6, 6.07) is 0. The molecule has 2 rings (SSSR count). The maximum Gasteiger partial charge on any atom is 0.460 e. The lowest BCUT2D eigenvalue weighted by Gasteiger charge is -2.42. The molecular weight excluding hydrogens is 675 g/mol. The number of alkyl halides is 17. The minimum Gasteiger partial charge on any atom is -0.463 e.